The lowest BCUT2D eigenvalue weighted by Gasteiger charge is -2.36. The van der Waals surface area contributed by atoms with Gasteiger partial charge in [-0.1, -0.05) is 60.3 Å². The fourth-order valence-electron chi connectivity index (χ4n) is 5.20. The van der Waals surface area contributed by atoms with E-state index in [1.54, 1.807) is 0 Å². The molecule has 0 N–H and O–H groups in total. The maximum Gasteiger partial charge on any atom is -0.0355 e. The van der Waals surface area contributed by atoms with E-state index in [4.69, 9.17) is 0 Å². The normalized spacial score (nSPS) is 45.3. The summed E-state index contributed by atoms with van der Waals surface area (Å²) in [5.41, 5.74) is 0. The van der Waals surface area contributed by atoms with Crippen molar-refractivity contribution in [3.63, 3.8) is 0 Å². The van der Waals surface area contributed by atoms with Crippen LogP contribution in [0.5, 0.6) is 0 Å². The first-order chi connectivity index (χ1) is 9.10. The highest BCUT2D eigenvalue weighted by Gasteiger charge is 2.46. The van der Waals surface area contributed by atoms with Gasteiger partial charge in [0.1, 0.15) is 0 Å². The van der Waals surface area contributed by atoms with Crippen molar-refractivity contribution < 1.29 is 0 Å². The van der Waals surface area contributed by atoms with Crippen LogP contribution in [0.3, 0.4) is 0 Å². The zero-order chi connectivity index (χ0) is 14.0. The Bertz CT molecular complexity index is 269. The van der Waals surface area contributed by atoms with Crippen molar-refractivity contribution in [2.45, 2.75) is 79.6 Å². The quantitative estimate of drug-likeness (QED) is 0.573. The monoisotopic (exact) mass is 264 g/mol. The zero-order valence-corrected chi connectivity index (χ0v) is 14.0. The first-order valence-corrected chi connectivity index (χ1v) is 9.10. The average molecular weight is 264 g/mol. The summed E-state index contributed by atoms with van der Waals surface area (Å²) >= 11 is 0. The van der Waals surface area contributed by atoms with Crippen LogP contribution < -0.4 is 0 Å². The van der Waals surface area contributed by atoms with Crippen LogP contribution in [-0.2, 0) is 0 Å². The van der Waals surface area contributed by atoms with Crippen molar-refractivity contribution in [2.75, 3.05) is 0 Å². The van der Waals surface area contributed by atoms with Crippen molar-refractivity contribution in [1.82, 2.24) is 0 Å². The molecular weight excluding hydrogens is 228 g/mol. The summed E-state index contributed by atoms with van der Waals surface area (Å²) in [6.45, 7) is 12.4. The van der Waals surface area contributed by atoms with E-state index in [1.165, 1.54) is 44.9 Å². The Morgan fingerprint density at radius 1 is 0.947 bits per heavy atom. The third-order valence-electron chi connectivity index (χ3n) is 6.92. The van der Waals surface area contributed by atoms with Crippen molar-refractivity contribution in [3.8, 4) is 0 Å². The van der Waals surface area contributed by atoms with Crippen LogP contribution in [0.4, 0.5) is 0 Å². The minimum atomic E-state index is 0.930. The fraction of sp³-hybridized carbons (Fsp3) is 1.00. The third kappa shape index (κ3) is 3.37. The molecule has 0 bridgehead atoms. The van der Waals surface area contributed by atoms with Crippen molar-refractivity contribution in [2.24, 2.45) is 41.4 Å². The van der Waals surface area contributed by atoms with Gasteiger partial charge in [0.15, 0.2) is 0 Å². The molecule has 7 unspecified atom stereocenters. The van der Waals surface area contributed by atoms with Crippen LogP contribution in [0.15, 0.2) is 0 Å². The first kappa shape index (κ1) is 15.4. The molecule has 0 aromatic heterocycles. The molecule has 7 atom stereocenters. The fourth-order valence-corrected chi connectivity index (χ4v) is 5.20. The van der Waals surface area contributed by atoms with Gasteiger partial charge in [-0.05, 0) is 60.7 Å². The molecule has 0 amide bonds. The van der Waals surface area contributed by atoms with Crippen LogP contribution in [0.25, 0.3) is 0 Å². The van der Waals surface area contributed by atoms with Gasteiger partial charge in [0.05, 0.1) is 0 Å². The summed E-state index contributed by atoms with van der Waals surface area (Å²) in [4.78, 5) is 0. The van der Waals surface area contributed by atoms with Crippen LogP contribution in [0.1, 0.15) is 79.6 Å². The summed E-state index contributed by atoms with van der Waals surface area (Å²) in [5, 5.41) is 0. The van der Waals surface area contributed by atoms with E-state index in [0.29, 0.717) is 0 Å². The van der Waals surface area contributed by atoms with Crippen LogP contribution in [-0.4, -0.2) is 0 Å². The Kier molecular flexibility index (Phi) is 5.37. The summed E-state index contributed by atoms with van der Waals surface area (Å²) in [5.74, 6) is 7.11. The second-order valence-electron chi connectivity index (χ2n) is 7.79. The van der Waals surface area contributed by atoms with Gasteiger partial charge in [0.2, 0.25) is 0 Å². The Hall–Kier alpha value is 0. The lowest BCUT2D eigenvalue weighted by atomic mass is 9.70. The highest BCUT2D eigenvalue weighted by atomic mass is 14.5. The van der Waals surface area contributed by atoms with Crippen molar-refractivity contribution in [1.29, 1.82) is 0 Å². The molecule has 0 radical (unpaired) electrons. The Balaban J connectivity index is 2.04. The van der Waals surface area contributed by atoms with Gasteiger partial charge >= 0.3 is 0 Å². The molecule has 0 aromatic carbocycles. The van der Waals surface area contributed by atoms with E-state index in [-0.39, 0.29) is 0 Å². The van der Waals surface area contributed by atoms with Gasteiger partial charge < -0.3 is 0 Å². The molecule has 2 rings (SSSR count). The molecule has 0 nitrogen and oxygen atoms in total. The van der Waals surface area contributed by atoms with E-state index in [9.17, 15) is 0 Å². The smallest absolute Gasteiger partial charge is 0.0355 e. The number of hydrogen-bond donors (Lipinski definition) is 0. The molecule has 0 heteroatoms. The van der Waals surface area contributed by atoms with E-state index >= 15 is 0 Å². The van der Waals surface area contributed by atoms with Gasteiger partial charge in [-0.2, -0.15) is 0 Å². The minimum absolute atomic E-state index is 0.930. The molecule has 2 aliphatic carbocycles. The topological polar surface area (TPSA) is 0 Å². The van der Waals surface area contributed by atoms with Gasteiger partial charge in [0, 0.05) is 0 Å². The third-order valence-corrected chi connectivity index (χ3v) is 6.92. The summed E-state index contributed by atoms with van der Waals surface area (Å²) in [6, 6.07) is 0. The Morgan fingerprint density at radius 2 is 1.63 bits per heavy atom. The second kappa shape index (κ2) is 6.64. The maximum atomic E-state index is 2.55. The standard InChI is InChI=1S/C19H36/c1-6-13(3)17-9-8-10-18-15(5)19(18)12-11-14(4)16(17)7-2/h13-19H,6-12H2,1-5H3. The van der Waals surface area contributed by atoms with E-state index in [1.807, 2.05) is 0 Å². The molecule has 0 spiro atoms. The van der Waals surface area contributed by atoms with Crippen molar-refractivity contribution in [3.05, 3.63) is 0 Å². The molecule has 0 saturated heterocycles. The predicted molar refractivity (Wildman–Crippen MR) is 85.1 cm³/mol. The lowest BCUT2D eigenvalue weighted by Crippen LogP contribution is -2.27. The van der Waals surface area contributed by atoms with Crippen LogP contribution in [0.2, 0.25) is 0 Å². The molecular formula is C19H36. The van der Waals surface area contributed by atoms with E-state index in [2.05, 4.69) is 34.6 Å². The molecule has 0 aliphatic heterocycles. The van der Waals surface area contributed by atoms with Gasteiger partial charge in [-0.25, -0.2) is 0 Å². The van der Waals surface area contributed by atoms with E-state index in [0.717, 1.165) is 41.4 Å². The largest absolute Gasteiger partial charge is 0.0651 e. The molecule has 112 valence electrons. The van der Waals surface area contributed by atoms with Gasteiger partial charge in [-0.3, -0.25) is 0 Å². The van der Waals surface area contributed by atoms with Crippen LogP contribution >= 0.6 is 0 Å². The average Bonchev–Trinajstić information content (AvgIpc) is 3.04. The van der Waals surface area contributed by atoms with Crippen LogP contribution in [0, 0.1) is 41.4 Å². The van der Waals surface area contributed by atoms with Gasteiger partial charge in [-0.15, -0.1) is 0 Å². The Morgan fingerprint density at radius 3 is 2.26 bits per heavy atom. The highest BCUT2D eigenvalue weighted by Crippen LogP contribution is 2.53. The second-order valence-corrected chi connectivity index (χ2v) is 7.79. The summed E-state index contributed by atoms with van der Waals surface area (Å²) in [6.07, 6.45) is 10.3. The number of rotatable bonds is 3. The minimum Gasteiger partial charge on any atom is -0.0651 e. The molecule has 19 heavy (non-hydrogen) atoms. The van der Waals surface area contributed by atoms with E-state index < -0.39 is 0 Å². The molecule has 0 heterocycles. The molecule has 2 saturated carbocycles. The lowest BCUT2D eigenvalue weighted by molar-refractivity contribution is 0.141. The molecule has 2 fully saturated rings. The summed E-state index contributed by atoms with van der Waals surface area (Å²) < 4.78 is 0. The number of fused-ring (bicyclic) bond motifs is 1. The number of hydrogen-bond acceptors (Lipinski definition) is 0. The first-order valence-electron chi connectivity index (χ1n) is 9.10. The zero-order valence-electron chi connectivity index (χ0n) is 14.0. The molecule has 2 aliphatic rings. The van der Waals surface area contributed by atoms with Crippen molar-refractivity contribution >= 4 is 0 Å². The predicted octanol–water partition coefficient (Wildman–Crippen LogP) is 6.16. The summed E-state index contributed by atoms with van der Waals surface area (Å²) in [7, 11) is 0. The highest BCUT2D eigenvalue weighted by molar-refractivity contribution is 4.95. The maximum absolute atomic E-state index is 2.55. The Labute approximate surface area is 121 Å². The SMILES string of the molecule is CCC(C)C1CCCC2C(C)C2CCC(C)C1CC. The van der Waals surface area contributed by atoms with Gasteiger partial charge in [0.25, 0.3) is 0 Å². The molecule has 0 aromatic rings.